The molecule has 1 aliphatic rings. The minimum Gasteiger partial charge on any atom is -0.490 e. The van der Waals surface area contributed by atoms with Crippen molar-refractivity contribution in [3.8, 4) is 5.75 Å². The second-order valence-corrected chi connectivity index (χ2v) is 9.72. The molecule has 0 bridgehead atoms. The third-order valence-electron chi connectivity index (χ3n) is 4.35. The number of nitrogens with one attached hydrogen (secondary N) is 1. The summed E-state index contributed by atoms with van der Waals surface area (Å²) in [5.41, 5.74) is 0.136. The smallest absolute Gasteiger partial charge is 0.261 e. The quantitative estimate of drug-likeness (QED) is 0.673. The van der Waals surface area contributed by atoms with Crippen LogP contribution >= 0.6 is 15.9 Å². The molecule has 1 amide bonds. The number of amides is 1. The van der Waals surface area contributed by atoms with Gasteiger partial charge in [-0.1, -0.05) is 22.0 Å². The maximum Gasteiger partial charge on any atom is 0.261 e. The summed E-state index contributed by atoms with van der Waals surface area (Å²) in [7, 11) is -3.77. The first-order valence-corrected chi connectivity index (χ1v) is 10.9. The van der Waals surface area contributed by atoms with Crippen molar-refractivity contribution in [1.82, 2.24) is 0 Å². The zero-order valence-electron chi connectivity index (χ0n) is 15.6. The van der Waals surface area contributed by atoms with Crippen LogP contribution in [0.25, 0.3) is 0 Å². The van der Waals surface area contributed by atoms with E-state index in [0.29, 0.717) is 23.7 Å². The first-order valence-electron chi connectivity index (χ1n) is 8.62. The van der Waals surface area contributed by atoms with Crippen molar-refractivity contribution in [2.24, 2.45) is 5.41 Å². The van der Waals surface area contributed by atoms with Crippen LogP contribution in [-0.2, 0) is 14.8 Å². The Morgan fingerprint density at radius 3 is 2.57 bits per heavy atom. The van der Waals surface area contributed by atoms with Crippen LogP contribution in [0.4, 0.5) is 11.4 Å². The van der Waals surface area contributed by atoms with Crippen molar-refractivity contribution in [2.75, 3.05) is 22.8 Å². The van der Waals surface area contributed by atoms with E-state index in [-0.39, 0.29) is 17.4 Å². The Bertz CT molecular complexity index is 1020. The Kier molecular flexibility index (Phi) is 5.54. The highest BCUT2D eigenvalue weighted by Crippen LogP contribution is 2.38. The third-order valence-corrected chi connectivity index (χ3v) is 6.28. The van der Waals surface area contributed by atoms with Crippen molar-refractivity contribution in [2.45, 2.75) is 18.7 Å². The van der Waals surface area contributed by atoms with Gasteiger partial charge in [0.05, 0.1) is 21.7 Å². The van der Waals surface area contributed by atoms with Gasteiger partial charge in [-0.05, 0) is 56.3 Å². The predicted octanol–water partition coefficient (Wildman–Crippen LogP) is 4.19. The Labute approximate surface area is 173 Å². The molecule has 0 spiro atoms. The number of ether oxygens (including phenoxy) is 1. The molecule has 0 saturated carbocycles. The molecule has 0 aromatic heterocycles. The van der Waals surface area contributed by atoms with Gasteiger partial charge in [0.25, 0.3) is 10.0 Å². The fourth-order valence-electron chi connectivity index (χ4n) is 2.85. The Balaban J connectivity index is 1.98. The van der Waals surface area contributed by atoms with Crippen LogP contribution in [0.15, 0.2) is 64.5 Å². The van der Waals surface area contributed by atoms with Gasteiger partial charge in [-0.2, -0.15) is 0 Å². The molecule has 2 aromatic carbocycles. The molecule has 1 N–H and O–H groups in total. The summed E-state index contributed by atoms with van der Waals surface area (Å²) in [6, 6.07) is 11.2. The van der Waals surface area contributed by atoms with Crippen molar-refractivity contribution in [1.29, 1.82) is 0 Å². The molecule has 28 heavy (non-hydrogen) atoms. The summed E-state index contributed by atoms with van der Waals surface area (Å²) in [5, 5.41) is 0. The topological polar surface area (TPSA) is 75.7 Å². The second kappa shape index (κ2) is 7.60. The summed E-state index contributed by atoms with van der Waals surface area (Å²) >= 11 is 3.29. The molecular formula is C20H21BrN2O4S. The van der Waals surface area contributed by atoms with E-state index in [1.807, 2.05) is 13.8 Å². The summed E-state index contributed by atoms with van der Waals surface area (Å²) in [5.74, 6) is 0.409. The SMILES string of the molecule is C=CCN1C(=O)C(C)(C)COc2ccc(NS(=O)(=O)c3ccc(Br)cc3)cc21. The van der Waals surface area contributed by atoms with Crippen molar-refractivity contribution in [3.63, 3.8) is 0 Å². The molecule has 3 rings (SSSR count). The average molecular weight is 465 g/mol. The molecule has 0 atom stereocenters. The van der Waals surface area contributed by atoms with Gasteiger partial charge in [0.1, 0.15) is 12.4 Å². The number of nitrogens with zero attached hydrogens (tertiary/aromatic N) is 1. The van der Waals surface area contributed by atoms with Gasteiger partial charge in [-0.15, -0.1) is 6.58 Å². The fraction of sp³-hybridized carbons (Fsp3) is 0.250. The second-order valence-electron chi connectivity index (χ2n) is 7.12. The summed E-state index contributed by atoms with van der Waals surface area (Å²) in [4.78, 5) is 14.6. The van der Waals surface area contributed by atoms with E-state index in [1.165, 1.54) is 12.1 Å². The van der Waals surface area contributed by atoms with Crippen LogP contribution in [0.5, 0.6) is 5.75 Å². The Morgan fingerprint density at radius 2 is 1.93 bits per heavy atom. The standard InChI is InChI=1S/C20H21BrN2O4S/c1-4-11-23-17-12-15(7-10-18(17)27-13-20(2,3)19(23)24)22-28(25,26)16-8-5-14(21)6-9-16/h4-10,12,22H,1,11,13H2,2-3H3. The molecule has 8 heteroatoms. The predicted molar refractivity (Wildman–Crippen MR) is 113 cm³/mol. The van der Waals surface area contributed by atoms with Gasteiger partial charge in [0, 0.05) is 11.0 Å². The van der Waals surface area contributed by atoms with Gasteiger partial charge in [-0.3, -0.25) is 9.52 Å². The maximum absolute atomic E-state index is 12.9. The molecule has 0 fully saturated rings. The number of halogens is 1. The van der Waals surface area contributed by atoms with Crippen molar-refractivity contribution >= 4 is 43.2 Å². The van der Waals surface area contributed by atoms with E-state index in [9.17, 15) is 13.2 Å². The first kappa shape index (κ1) is 20.4. The molecule has 2 aromatic rings. The lowest BCUT2D eigenvalue weighted by Crippen LogP contribution is -2.42. The Morgan fingerprint density at radius 1 is 1.25 bits per heavy atom. The lowest BCUT2D eigenvalue weighted by atomic mass is 9.93. The normalized spacial score (nSPS) is 16.0. The number of anilines is 2. The van der Waals surface area contributed by atoms with E-state index in [0.717, 1.165) is 4.47 Å². The zero-order chi connectivity index (χ0) is 20.5. The van der Waals surface area contributed by atoms with Gasteiger partial charge < -0.3 is 9.64 Å². The van der Waals surface area contributed by atoms with E-state index >= 15 is 0 Å². The average Bonchev–Trinajstić information content (AvgIpc) is 2.72. The van der Waals surface area contributed by atoms with Crippen LogP contribution in [0.2, 0.25) is 0 Å². The molecule has 148 valence electrons. The first-order chi connectivity index (χ1) is 13.1. The molecule has 0 radical (unpaired) electrons. The van der Waals surface area contributed by atoms with Gasteiger partial charge in [0.15, 0.2) is 0 Å². The van der Waals surface area contributed by atoms with Crippen LogP contribution in [-0.4, -0.2) is 27.5 Å². The number of rotatable bonds is 5. The molecule has 0 saturated heterocycles. The highest BCUT2D eigenvalue weighted by Gasteiger charge is 2.37. The number of benzene rings is 2. The highest BCUT2D eigenvalue weighted by molar-refractivity contribution is 9.10. The molecule has 6 nitrogen and oxygen atoms in total. The summed E-state index contributed by atoms with van der Waals surface area (Å²) in [6.45, 7) is 7.87. The summed E-state index contributed by atoms with van der Waals surface area (Å²) in [6.07, 6.45) is 1.63. The lowest BCUT2D eigenvalue weighted by molar-refractivity contribution is -0.127. The van der Waals surface area contributed by atoms with Crippen LogP contribution in [0.3, 0.4) is 0 Å². The fourth-order valence-corrected chi connectivity index (χ4v) is 4.16. The maximum atomic E-state index is 12.9. The molecule has 0 aliphatic carbocycles. The third kappa shape index (κ3) is 4.07. The van der Waals surface area contributed by atoms with E-state index in [1.54, 1.807) is 41.3 Å². The molecule has 0 unspecified atom stereocenters. The van der Waals surface area contributed by atoms with Gasteiger partial charge in [-0.25, -0.2) is 8.42 Å². The minimum absolute atomic E-state index is 0.112. The number of carbonyl (C=O) groups excluding carboxylic acids is 1. The van der Waals surface area contributed by atoms with Crippen molar-refractivity contribution < 1.29 is 17.9 Å². The van der Waals surface area contributed by atoms with Gasteiger partial charge >= 0.3 is 0 Å². The van der Waals surface area contributed by atoms with E-state index in [2.05, 4.69) is 27.2 Å². The zero-order valence-corrected chi connectivity index (χ0v) is 18.0. The number of sulfonamides is 1. The molecular weight excluding hydrogens is 444 g/mol. The van der Waals surface area contributed by atoms with Gasteiger partial charge in [0.2, 0.25) is 5.91 Å². The monoisotopic (exact) mass is 464 g/mol. The van der Waals surface area contributed by atoms with E-state index < -0.39 is 15.4 Å². The number of carbonyl (C=O) groups is 1. The number of fused-ring (bicyclic) bond motifs is 1. The summed E-state index contributed by atoms with van der Waals surface area (Å²) < 4.78 is 34.5. The number of hydrogen-bond donors (Lipinski definition) is 1. The van der Waals surface area contributed by atoms with Crippen LogP contribution < -0.4 is 14.4 Å². The van der Waals surface area contributed by atoms with E-state index in [4.69, 9.17) is 4.74 Å². The molecule has 1 heterocycles. The minimum atomic E-state index is -3.77. The van der Waals surface area contributed by atoms with Crippen LogP contribution in [0.1, 0.15) is 13.8 Å². The number of hydrogen-bond acceptors (Lipinski definition) is 4. The largest absolute Gasteiger partial charge is 0.490 e. The van der Waals surface area contributed by atoms with Crippen LogP contribution in [0, 0.1) is 5.41 Å². The van der Waals surface area contributed by atoms with Crippen molar-refractivity contribution in [3.05, 3.63) is 59.6 Å². The highest BCUT2D eigenvalue weighted by atomic mass is 79.9. The lowest BCUT2D eigenvalue weighted by Gasteiger charge is -2.27. The Hall–Kier alpha value is -2.32. The molecule has 1 aliphatic heterocycles.